The summed E-state index contributed by atoms with van der Waals surface area (Å²) in [5, 5.41) is 26.8. The van der Waals surface area contributed by atoms with E-state index in [9.17, 15) is 0 Å². The van der Waals surface area contributed by atoms with E-state index in [4.69, 9.17) is 43.0 Å². The molecule has 14 heteroatoms. The number of hydrogen-bond donors (Lipinski definition) is 2. The van der Waals surface area contributed by atoms with Crippen molar-refractivity contribution in [3.8, 4) is 0 Å². The standard InChI is InChI=1S/2C27H41N3.C4H10O.2C2H6N.CH3Cl.2ClH.2Zr/c2*1-16-18(3)22(7)26(23(8)19(16)4)28-12-14-30(11)15-13-29-27-24(9)20(5)17(2)21(6)25(27)10;1-3-5-4-2;2*1-3-2;1-2;;;;/h2*30H,11-15H2,1-10H3;3-4H2,1-2H3;2*1-2H3;1H3;2*1H;;/q2*-2;;2*-1;;;;2*+4/p-2. The summed E-state index contributed by atoms with van der Waals surface area (Å²) in [6.45, 7) is 56.5. The number of nitrogens with zero attached hydrogens (tertiary/aromatic N) is 6. The van der Waals surface area contributed by atoms with Gasteiger partial charge in [-0.05, 0) is 219 Å². The van der Waals surface area contributed by atoms with Crippen LogP contribution in [0.5, 0.6) is 0 Å². The first-order valence-electron chi connectivity index (χ1n) is 26.8. The molecule has 77 heavy (non-hydrogen) atoms. The topological polar surface area (TPSA) is 103 Å². The Morgan fingerprint density at radius 3 is 0.558 bits per heavy atom. The Labute approximate surface area is 518 Å². The molecule has 0 aliphatic rings. The van der Waals surface area contributed by atoms with Gasteiger partial charge in [0, 0.05) is 45.8 Å². The second-order valence-electron chi connectivity index (χ2n) is 19.7. The van der Waals surface area contributed by atoms with Crippen molar-refractivity contribution in [2.45, 2.75) is 152 Å². The quantitative estimate of drug-likeness (QED) is 0.0752. The number of alkyl halides is 1. The summed E-state index contributed by atoms with van der Waals surface area (Å²) in [6.07, 6.45) is 1.47. The van der Waals surface area contributed by atoms with Crippen LogP contribution in [-0.2, 0) is 51.8 Å². The van der Waals surface area contributed by atoms with E-state index in [2.05, 4.69) is 175 Å². The first-order valence-corrected chi connectivity index (χ1v) is 33.9. The molecule has 2 N–H and O–H groups in total. The van der Waals surface area contributed by atoms with Gasteiger partial charge in [0.15, 0.2) is 0 Å². The average molecular weight is 1280 g/mol. The SMILES string of the molecule is CCOCC.CCl.C[N-]C.C[N-]C.[CH2-][NH+](CC[N-]c1c(C)c(C)c(C)c(C)c1C)CC[N-]c1c(C)c(C)c(C)c(C)c1C.[CH2-][NH+](CC[N-]c1c(C)c(C)c(C)c(C)c1C)CC[N-]c1c(C)c(C)c(C)c(C)c1C.[Cl][Zr+2][Cl].[Zr+4]. The van der Waals surface area contributed by atoms with Gasteiger partial charge in [-0.2, -0.15) is 42.3 Å². The first kappa shape index (κ1) is 82.0. The van der Waals surface area contributed by atoms with Gasteiger partial charge in [-0.25, -0.2) is 0 Å². The van der Waals surface area contributed by atoms with Crippen molar-refractivity contribution in [3.63, 3.8) is 0 Å². The molecule has 0 atom stereocenters. The van der Waals surface area contributed by atoms with Gasteiger partial charge in [-0.15, -0.1) is 34.4 Å². The van der Waals surface area contributed by atoms with Crippen molar-refractivity contribution in [3.05, 3.63) is 157 Å². The number of ether oxygens (including phenoxy) is 1. The van der Waals surface area contributed by atoms with Crippen molar-refractivity contribution >= 4 is 51.4 Å². The molecular weight excluding hydrogens is 1170 g/mol. The van der Waals surface area contributed by atoms with Crippen LogP contribution < -0.4 is 9.80 Å². The van der Waals surface area contributed by atoms with Gasteiger partial charge in [0.2, 0.25) is 0 Å². The number of benzene rings is 4. The molecule has 0 bridgehead atoms. The minimum atomic E-state index is -0.826. The van der Waals surface area contributed by atoms with Crippen LogP contribution in [-0.4, -0.2) is 100 Å². The second-order valence-corrected chi connectivity index (χ2v) is 23.4. The van der Waals surface area contributed by atoms with Gasteiger partial charge in [0.25, 0.3) is 0 Å². The fourth-order valence-corrected chi connectivity index (χ4v) is 8.63. The van der Waals surface area contributed by atoms with E-state index in [0.717, 1.165) is 65.6 Å². The third kappa shape index (κ3) is 27.0. The van der Waals surface area contributed by atoms with Crippen molar-refractivity contribution < 1.29 is 61.6 Å². The van der Waals surface area contributed by atoms with Crippen LogP contribution in [0, 0.1) is 153 Å². The molecule has 0 aliphatic carbocycles. The molecule has 0 amide bonds. The molecule has 0 saturated heterocycles. The second kappa shape index (κ2) is 45.1. The largest absolute Gasteiger partial charge is 4.00 e. The Balaban J connectivity index is -0.000000536. The Morgan fingerprint density at radius 1 is 0.338 bits per heavy atom. The zero-order valence-corrected chi connectivity index (χ0v) is 60.9. The Bertz CT molecular complexity index is 1880. The molecule has 0 aromatic heterocycles. The smallest absolute Gasteiger partial charge is 4.00 e. The summed E-state index contributed by atoms with van der Waals surface area (Å²) in [6, 6.07) is 0. The minimum Gasteiger partial charge on any atom is 4.00 e. The molecule has 4 rings (SSSR count). The van der Waals surface area contributed by atoms with E-state index in [1.165, 1.54) is 150 Å². The van der Waals surface area contributed by atoms with Gasteiger partial charge in [0.1, 0.15) is 0 Å². The summed E-state index contributed by atoms with van der Waals surface area (Å²) < 4.78 is 4.83. The van der Waals surface area contributed by atoms with Gasteiger partial charge in [0.05, 0.1) is 0 Å². The summed E-state index contributed by atoms with van der Waals surface area (Å²) in [7, 11) is 25.4. The summed E-state index contributed by atoms with van der Waals surface area (Å²) in [5.41, 5.74) is 31.7. The maximum atomic E-state index is 4.94. The van der Waals surface area contributed by atoms with Crippen molar-refractivity contribution in [2.75, 3.05) is 100 Å². The van der Waals surface area contributed by atoms with Crippen molar-refractivity contribution in [2.24, 2.45) is 0 Å². The van der Waals surface area contributed by atoms with Crippen LogP contribution in [0.1, 0.15) is 125 Å². The summed E-state index contributed by atoms with van der Waals surface area (Å²) >= 11 is 3.81. The maximum Gasteiger partial charge on any atom is 4.00 e. The molecule has 0 heterocycles. The van der Waals surface area contributed by atoms with Crippen LogP contribution in [0.25, 0.3) is 31.9 Å². The molecule has 0 saturated carbocycles. The Kier molecular flexibility index (Phi) is 48.0. The predicted molar refractivity (Wildman–Crippen MR) is 340 cm³/mol. The van der Waals surface area contributed by atoms with Crippen LogP contribution in [0.2, 0.25) is 0 Å². The molecule has 4 aromatic carbocycles. The molecule has 0 unspecified atom stereocenters. The molecule has 434 valence electrons. The monoisotopic (exact) mass is 1280 g/mol. The van der Waals surface area contributed by atoms with E-state index in [0.29, 0.717) is 0 Å². The zero-order valence-electron chi connectivity index (χ0n) is 53.7. The minimum absolute atomic E-state index is 0. The van der Waals surface area contributed by atoms with E-state index in [1.54, 1.807) is 28.2 Å². The van der Waals surface area contributed by atoms with Gasteiger partial charge in [-0.1, -0.05) is 70.7 Å². The number of rotatable bonds is 18. The van der Waals surface area contributed by atoms with Crippen LogP contribution in [0.15, 0.2) is 0 Å². The molecule has 0 spiro atoms. The molecule has 0 radical (unpaired) electrons. The third-order valence-corrected chi connectivity index (χ3v) is 15.2. The van der Waals surface area contributed by atoms with Crippen LogP contribution >= 0.6 is 28.6 Å². The van der Waals surface area contributed by atoms with E-state index >= 15 is 0 Å². The molecule has 4 aromatic rings. The van der Waals surface area contributed by atoms with E-state index in [-0.39, 0.29) is 26.2 Å². The fraction of sp³-hybridized carbons (Fsp3) is 0.587. The predicted octanol–water partition coefficient (Wildman–Crippen LogP) is 16.8. The molecule has 0 aliphatic heterocycles. The number of hydrogen-bond acceptors (Lipinski definition) is 1. The maximum absolute atomic E-state index is 4.94. The van der Waals surface area contributed by atoms with E-state index < -0.39 is 20.8 Å². The van der Waals surface area contributed by atoms with Gasteiger partial charge >= 0.3 is 64.1 Å². The number of halogens is 3. The molecule has 0 fully saturated rings. The van der Waals surface area contributed by atoms with Crippen LogP contribution in [0.3, 0.4) is 0 Å². The average Bonchev–Trinajstić information content (AvgIpc) is 3.39. The van der Waals surface area contributed by atoms with Crippen molar-refractivity contribution in [1.29, 1.82) is 0 Å². The normalized spacial score (nSPS) is 10.1. The summed E-state index contributed by atoms with van der Waals surface area (Å²) in [4.78, 5) is 2.46. The van der Waals surface area contributed by atoms with E-state index in [1.807, 2.05) is 13.8 Å². The van der Waals surface area contributed by atoms with Crippen molar-refractivity contribution in [1.82, 2.24) is 0 Å². The van der Waals surface area contributed by atoms with Crippen LogP contribution in [0.4, 0.5) is 22.7 Å². The fourth-order valence-electron chi connectivity index (χ4n) is 8.63. The molecular formula is C63H107Cl3N8OZr2. The number of quaternary nitrogens is 2. The Hall–Kier alpha value is -1.48. The van der Waals surface area contributed by atoms with Gasteiger partial charge < -0.3 is 46.4 Å². The molecule has 9 nitrogen and oxygen atoms in total. The third-order valence-electron chi connectivity index (χ3n) is 15.2. The first-order chi connectivity index (χ1) is 35.6. The summed E-state index contributed by atoms with van der Waals surface area (Å²) in [5.74, 6) is 0. The zero-order chi connectivity index (χ0) is 59.7. The number of nitrogens with one attached hydrogen (secondary N) is 2. The van der Waals surface area contributed by atoms with Gasteiger partial charge in [-0.3, -0.25) is 0 Å². The Morgan fingerprint density at radius 2 is 0.455 bits per heavy atom.